The number of unbranched alkanes of at least 4 members (excludes halogenated alkanes) is 1. The third kappa shape index (κ3) is 9.96. The van der Waals surface area contributed by atoms with Crippen molar-refractivity contribution in [3.8, 4) is 0 Å². The van der Waals surface area contributed by atoms with Crippen LogP contribution >= 0.6 is 22.6 Å². The Kier molecular flexibility index (Phi) is 15.2. The van der Waals surface area contributed by atoms with Gasteiger partial charge in [0, 0.05) is 6.54 Å². The van der Waals surface area contributed by atoms with Crippen molar-refractivity contribution in [1.82, 2.24) is 4.90 Å². The normalized spacial score (nSPS) is 17.0. The van der Waals surface area contributed by atoms with E-state index in [0.717, 1.165) is 5.92 Å². The van der Waals surface area contributed by atoms with Gasteiger partial charge in [0.15, 0.2) is 0 Å². The average molecular weight is 490 g/mol. The highest BCUT2D eigenvalue weighted by atomic mass is 127. The summed E-state index contributed by atoms with van der Waals surface area (Å²) in [6.07, 6.45) is 15.5. The van der Waals surface area contributed by atoms with Gasteiger partial charge in [-0.3, -0.25) is 0 Å². The van der Waals surface area contributed by atoms with Gasteiger partial charge in [-0.2, -0.15) is 0 Å². The number of hydrogen-bond acceptors (Lipinski definition) is 1. The Morgan fingerprint density at radius 2 is 1.67 bits per heavy atom. The van der Waals surface area contributed by atoms with E-state index in [9.17, 15) is 0 Å². The van der Waals surface area contributed by atoms with Crippen molar-refractivity contribution >= 4 is 22.6 Å². The fourth-order valence-electron chi connectivity index (χ4n) is 4.44. The Bertz CT molecular complexity index is 445. The van der Waals surface area contributed by atoms with E-state index in [2.05, 4.69) is 89.2 Å². The van der Waals surface area contributed by atoms with Crippen LogP contribution in [0.1, 0.15) is 106 Å². The van der Waals surface area contributed by atoms with Crippen molar-refractivity contribution in [1.29, 1.82) is 0 Å². The van der Waals surface area contributed by atoms with Crippen molar-refractivity contribution in [3.63, 3.8) is 0 Å². The minimum atomic E-state index is 0.336. The highest BCUT2D eigenvalue weighted by Gasteiger charge is 2.34. The van der Waals surface area contributed by atoms with Crippen LogP contribution in [0, 0.1) is 11.3 Å². The quantitative estimate of drug-likeness (QED) is 0.164. The van der Waals surface area contributed by atoms with E-state index in [0.29, 0.717) is 5.41 Å². The average Bonchev–Trinajstić information content (AvgIpc) is 2.64. The molecule has 2 heteroatoms. The SMILES string of the molecule is CCCC/C(=C/C(CC)(CC/C(CCC)=C(/C)I)C(CC)CN(C)C)CC. The van der Waals surface area contributed by atoms with Crippen LogP contribution in [0.3, 0.4) is 0 Å². The van der Waals surface area contributed by atoms with Crippen LogP contribution in [-0.4, -0.2) is 25.5 Å². The lowest BCUT2D eigenvalue weighted by molar-refractivity contribution is 0.151. The molecule has 0 saturated carbocycles. The van der Waals surface area contributed by atoms with Gasteiger partial charge in [0.1, 0.15) is 0 Å². The van der Waals surface area contributed by atoms with Crippen LogP contribution in [0.4, 0.5) is 0 Å². The lowest BCUT2D eigenvalue weighted by atomic mass is 9.67. The topological polar surface area (TPSA) is 3.24 Å². The van der Waals surface area contributed by atoms with Gasteiger partial charge in [-0.15, -0.1) is 0 Å². The van der Waals surface area contributed by atoms with E-state index < -0.39 is 0 Å². The predicted octanol–water partition coefficient (Wildman–Crippen LogP) is 8.79. The second-order valence-electron chi connectivity index (χ2n) is 8.60. The largest absolute Gasteiger partial charge is 0.309 e. The van der Waals surface area contributed by atoms with Crippen molar-refractivity contribution in [2.75, 3.05) is 20.6 Å². The smallest absolute Gasteiger partial charge is 0.00118 e. The third-order valence-corrected chi connectivity index (χ3v) is 7.04. The van der Waals surface area contributed by atoms with Crippen LogP contribution in [0.5, 0.6) is 0 Å². The Morgan fingerprint density at radius 1 is 1.00 bits per heavy atom. The molecule has 0 N–H and O–H groups in total. The number of allylic oxidation sites excluding steroid dienone is 4. The first-order valence-electron chi connectivity index (χ1n) is 11.5. The summed E-state index contributed by atoms with van der Waals surface area (Å²) < 4.78 is 1.52. The van der Waals surface area contributed by atoms with E-state index >= 15 is 0 Å². The minimum Gasteiger partial charge on any atom is -0.309 e. The van der Waals surface area contributed by atoms with Gasteiger partial charge in [0.25, 0.3) is 0 Å². The number of rotatable bonds is 15. The molecular weight excluding hydrogens is 441 g/mol. The molecule has 2 unspecified atom stereocenters. The van der Waals surface area contributed by atoms with Gasteiger partial charge in [-0.05, 0) is 103 Å². The molecule has 0 fully saturated rings. The van der Waals surface area contributed by atoms with Crippen LogP contribution in [0.25, 0.3) is 0 Å². The third-order valence-electron chi connectivity index (χ3n) is 6.28. The van der Waals surface area contributed by atoms with E-state index in [4.69, 9.17) is 0 Å². The summed E-state index contributed by atoms with van der Waals surface area (Å²) in [5.74, 6) is 0.734. The van der Waals surface area contributed by atoms with E-state index in [1.54, 1.807) is 11.1 Å². The molecule has 0 radical (unpaired) electrons. The van der Waals surface area contributed by atoms with Gasteiger partial charge in [0.05, 0.1) is 0 Å². The molecule has 2 atom stereocenters. The Morgan fingerprint density at radius 3 is 2.07 bits per heavy atom. The molecule has 0 aliphatic rings. The molecule has 0 spiro atoms. The standard InChI is InChI=1S/C25H48IN/c1-9-14-16-22(11-3)19-25(13-5,24(12-4)20-27(7)8)18-17-23(15-10-2)21(6)26/h19,24H,9-18,20H2,1-8H3/b22-19+,23-21-. The summed E-state index contributed by atoms with van der Waals surface area (Å²) in [7, 11) is 4.48. The second kappa shape index (κ2) is 15.1. The van der Waals surface area contributed by atoms with E-state index in [-0.39, 0.29) is 0 Å². The van der Waals surface area contributed by atoms with Crippen molar-refractivity contribution < 1.29 is 0 Å². The van der Waals surface area contributed by atoms with E-state index in [1.807, 2.05) is 0 Å². The van der Waals surface area contributed by atoms with Crippen molar-refractivity contribution in [2.45, 2.75) is 106 Å². The molecule has 1 nitrogen and oxygen atoms in total. The summed E-state index contributed by atoms with van der Waals surface area (Å²) in [5.41, 5.74) is 3.72. The van der Waals surface area contributed by atoms with Gasteiger partial charge in [-0.25, -0.2) is 0 Å². The van der Waals surface area contributed by atoms with Crippen LogP contribution < -0.4 is 0 Å². The summed E-state index contributed by atoms with van der Waals surface area (Å²) in [6.45, 7) is 15.3. The zero-order valence-corrected chi connectivity index (χ0v) is 21.9. The molecule has 0 rings (SSSR count). The first kappa shape index (κ1) is 27.2. The maximum absolute atomic E-state index is 2.76. The summed E-state index contributed by atoms with van der Waals surface area (Å²) in [6, 6.07) is 0. The number of nitrogens with zero attached hydrogens (tertiary/aromatic N) is 1. The van der Waals surface area contributed by atoms with Gasteiger partial charge in [0.2, 0.25) is 0 Å². The molecule has 0 amide bonds. The molecule has 0 aliphatic heterocycles. The molecule has 0 saturated heterocycles. The monoisotopic (exact) mass is 489 g/mol. The highest BCUT2D eigenvalue weighted by Crippen LogP contribution is 2.44. The molecule has 160 valence electrons. The lowest BCUT2D eigenvalue weighted by Gasteiger charge is -2.40. The Labute approximate surface area is 185 Å². The molecule has 0 aromatic carbocycles. The zero-order valence-electron chi connectivity index (χ0n) is 19.8. The first-order valence-corrected chi connectivity index (χ1v) is 12.6. The molecule has 0 aliphatic carbocycles. The van der Waals surface area contributed by atoms with Crippen LogP contribution in [-0.2, 0) is 0 Å². The Balaban J connectivity index is 5.86. The first-order chi connectivity index (χ1) is 12.8. The molecular formula is C25H48IN. The minimum absolute atomic E-state index is 0.336. The predicted molar refractivity (Wildman–Crippen MR) is 134 cm³/mol. The second-order valence-corrected chi connectivity index (χ2v) is 10.2. The Hall–Kier alpha value is 0.170. The molecule has 0 aromatic heterocycles. The van der Waals surface area contributed by atoms with Crippen LogP contribution in [0.2, 0.25) is 0 Å². The van der Waals surface area contributed by atoms with Crippen molar-refractivity contribution in [3.05, 3.63) is 20.8 Å². The fraction of sp³-hybridized carbons (Fsp3) is 0.840. The summed E-state index contributed by atoms with van der Waals surface area (Å²) in [5, 5.41) is 0. The fourth-order valence-corrected chi connectivity index (χ4v) is 4.98. The van der Waals surface area contributed by atoms with Gasteiger partial charge in [-0.1, -0.05) is 71.1 Å². The highest BCUT2D eigenvalue weighted by molar-refractivity contribution is 14.1. The van der Waals surface area contributed by atoms with Crippen LogP contribution in [0.15, 0.2) is 20.8 Å². The molecule has 0 heterocycles. The van der Waals surface area contributed by atoms with Gasteiger partial charge < -0.3 is 4.90 Å². The molecule has 0 aromatic rings. The summed E-state index contributed by atoms with van der Waals surface area (Å²) in [4.78, 5) is 2.40. The zero-order chi connectivity index (χ0) is 20.9. The van der Waals surface area contributed by atoms with E-state index in [1.165, 1.54) is 74.3 Å². The summed E-state index contributed by atoms with van der Waals surface area (Å²) >= 11 is 2.55. The van der Waals surface area contributed by atoms with Crippen molar-refractivity contribution in [2.24, 2.45) is 11.3 Å². The maximum Gasteiger partial charge on any atom is 0.00118 e. The molecule has 27 heavy (non-hydrogen) atoms. The number of halogens is 1. The molecule has 0 bridgehead atoms. The number of hydrogen-bond donors (Lipinski definition) is 0. The maximum atomic E-state index is 2.76. The lowest BCUT2D eigenvalue weighted by Crippen LogP contribution is -2.36. The van der Waals surface area contributed by atoms with Gasteiger partial charge >= 0.3 is 0 Å².